The Bertz CT molecular complexity index is 825. The predicted molar refractivity (Wildman–Crippen MR) is 90.3 cm³/mol. The van der Waals surface area contributed by atoms with Crippen molar-refractivity contribution in [2.45, 2.75) is 23.2 Å². The first-order chi connectivity index (χ1) is 11.5. The zero-order chi connectivity index (χ0) is 17.2. The molecule has 0 unspecified atom stereocenters. The van der Waals surface area contributed by atoms with E-state index in [1.54, 1.807) is 0 Å². The Hall–Kier alpha value is -2.18. The van der Waals surface area contributed by atoms with E-state index >= 15 is 0 Å². The lowest BCUT2D eigenvalue weighted by atomic mass is 9.96. The zero-order valence-electron chi connectivity index (χ0n) is 13.4. The van der Waals surface area contributed by atoms with Gasteiger partial charge in [-0.3, -0.25) is 0 Å². The number of methoxy groups -OCH3 is 1. The molecule has 6 heteroatoms. The Morgan fingerprint density at radius 1 is 1.08 bits per heavy atom. The number of benzene rings is 2. The molecule has 3 rings (SSSR count). The summed E-state index contributed by atoms with van der Waals surface area (Å²) in [5.74, 6) is -0.493. The van der Waals surface area contributed by atoms with Crippen molar-refractivity contribution < 1.29 is 17.9 Å². The van der Waals surface area contributed by atoms with Crippen molar-refractivity contribution in [3.05, 3.63) is 65.7 Å². The van der Waals surface area contributed by atoms with Crippen LogP contribution in [0.5, 0.6) is 0 Å². The van der Waals surface area contributed by atoms with Gasteiger partial charge in [0.25, 0.3) is 0 Å². The summed E-state index contributed by atoms with van der Waals surface area (Å²) in [4.78, 5) is 11.5. The van der Waals surface area contributed by atoms with Gasteiger partial charge >= 0.3 is 5.97 Å². The molecule has 0 heterocycles. The molecule has 0 aliphatic heterocycles. The summed E-state index contributed by atoms with van der Waals surface area (Å²) >= 11 is 0. The summed E-state index contributed by atoms with van der Waals surface area (Å²) in [6, 6.07) is 15.7. The van der Waals surface area contributed by atoms with E-state index in [0.717, 1.165) is 18.4 Å². The van der Waals surface area contributed by atoms with Gasteiger partial charge in [0, 0.05) is 12.0 Å². The first kappa shape index (κ1) is 16.7. The van der Waals surface area contributed by atoms with Crippen LogP contribution >= 0.6 is 0 Å². The fourth-order valence-corrected chi connectivity index (χ4v) is 3.84. The number of rotatable bonds is 6. The molecule has 1 aliphatic rings. The maximum absolute atomic E-state index is 12.5. The van der Waals surface area contributed by atoms with Crippen molar-refractivity contribution in [3.63, 3.8) is 0 Å². The molecule has 0 bridgehead atoms. The molecule has 0 atom stereocenters. The molecule has 126 valence electrons. The van der Waals surface area contributed by atoms with Crippen LogP contribution in [-0.4, -0.2) is 28.0 Å². The van der Waals surface area contributed by atoms with Crippen LogP contribution in [0, 0.1) is 0 Å². The number of sulfonamides is 1. The third-order valence-electron chi connectivity index (χ3n) is 4.43. The summed E-state index contributed by atoms with van der Waals surface area (Å²) in [5, 5.41) is 0. The second kappa shape index (κ2) is 6.37. The lowest BCUT2D eigenvalue weighted by molar-refractivity contribution is 0.0600. The molecule has 0 radical (unpaired) electrons. The maximum atomic E-state index is 12.5. The third-order valence-corrected chi connectivity index (χ3v) is 5.84. The summed E-state index contributed by atoms with van der Waals surface area (Å²) in [7, 11) is -2.33. The van der Waals surface area contributed by atoms with Crippen LogP contribution in [0.15, 0.2) is 59.5 Å². The largest absolute Gasteiger partial charge is 0.465 e. The fraction of sp³-hybridized carbons (Fsp3) is 0.278. The summed E-state index contributed by atoms with van der Waals surface area (Å²) in [6.07, 6.45) is 1.95. The van der Waals surface area contributed by atoms with Gasteiger partial charge in [-0.15, -0.1) is 0 Å². The lowest BCUT2D eigenvalue weighted by Gasteiger charge is -2.16. The van der Waals surface area contributed by atoms with E-state index in [9.17, 15) is 13.2 Å². The molecule has 0 spiro atoms. The van der Waals surface area contributed by atoms with Crippen molar-refractivity contribution in [2.75, 3.05) is 13.7 Å². The van der Waals surface area contributed by atoms with Crippen LogP contribution in [0.3, 0.4) is 0 Å². The van der Waals surface area contributed by atoms with E-state index in [2.05, 4.69) is 9.46 Å². The average Bonchev–Trinajstić information content (AvgIpc) is 3.42. The van der Waals surface area contributed by atoms with Gasteiger partial charge in [-0.05, 0) is 42.7 Å². The Kier molecular flexibility index (Phi) is 4.43. The monoisotopic (exact) mass is 345 g/mol. The van der Waals surface area contributed by atoms with Gasteiger partial charge in [-0.25, -0.2) is 17.9 Å². The number of hydrogen-bond donors (Lipinski definition) is 1. The number of carbonyl (C=O) groups is 1. The quantitative estimate of drug-likeness (QED) is 0.817. The van der Waals surface area contributed by atoms with Crippen molar-refractivity contribution in [1.29, 1.82) is 0 Å². The molecule has 1 N–H and O–H groups in total. The molecule has 1 aliphatic carbocycles. The SMILES string of the molecule is COC(=O)c1ccc(S(=O)(=O)NCC2(c3ccccc3)CC2)cc1. The van der Waals surface area contributed by atoms with Gasteiger partial charge in [-0.1, -0.05) is 30.3 Å². The van der Waals surface area contributed by atoms with Crippen LogP contribution in [-0.2, 0) is 20.2 Å². The molecule has 1 fully saturated rings. The molecule has 1 saturated carbocycles. The second-order valence-electron chi connectivity index (χ2n) is 5.99. The smallest absolute Gasteiger partial charge is 0.337 e. The van der Waals surface area contributed by atoms with Crippen LogP contribution in [0.2, 0.25) is 0 Å². The molecule has 0 aromatic heterocycles. The van der Waals surface area contributed by atoms with Crippen LogP contribution < -0.4 is 4.72 Å². The first-order valence-electron chi connectivity index (χ1n) is 7.70. The van der Waals surface area contributed by atoms with E-state index in [1.165, 1.54) is 31.4 Å². The van der Waals surface area contributed by atoms with E-state index < -0.39 is 16.0 Å². The minimum Gasteiger partial charge on any atom is -0.465 e. The highest BCUT2D eigenvalue weighted by Crippen LogP contribution is 2.47. The molecule has 2 aromatic carbocycles. The normalized spacial score (nSPS) is 15.7. The highest BCUT2D eigenvalue weighted by molar-refractivity contribution is 7.89. The molecular formula is C18H19NO4S. The van der Waals surface area contributed by atoms with Gasteiger partial charge in [0.2, 0.25) is 10.0 Å². The number of carbonyl (C=O) groups excluding carboxylic acids is 1. The number of esters is 1. The number of nitrogens with one attached hydrogen (secondary N) is 1. The van der Waals surface area contributed by atoms with E-state index in [4.69, 9.17) is 0 Å². The van der Waals surface area contributed by atoms with E-state index in [1.807, 2.05) is 30.3 Å². The van der Waals surface area contributed by atoms with Crippen molar-refractivity contribution in [3.8, 4) is 0 Å². The second-order valence-corrected chi connectivity index (χ2v) is 7.75. The lowest BCUT2D eigenvalue weighted by Crippen LogP contribution is -2.32. The van der Waals surface area contributed by atoms with Gasteiger partial charge in [0.1, 0.15) is 0 Å². The Morgan fingerprint density at radius 3 is 2.25 bits per heavy atom. The molecule has 24 heavy (non-hydrogen) atoms. The fourth-order valence-electron chi connectivity index (χ4n) is 2.71. The van der Waals surface area contributed by atoms with Gasteiger partial charge in [0.05, 0.1) is 17.6 Å². The van der Waals surface area contributed by atoms with Crippen molar-refractivity contribution >= 4 is 16.0 Å². The molecule has 5 nitrogen and oxygen atoms in total. The van der Waals surface area contributed by atoms with Crippen molar-refractivity contribution in [2.24, 2.45) is 0 Å². The summed E-state index contributed by atoms with van der Waals surface area (Å²) in [6.45, 7) is 0.373. The topological polar surface area (TPSA) is 72.5 Å². The minimum absolute atomic E-state index is 0.0969. The highest BCUT2D eigenvalue weighted by atomic mass is 32.2. The zero-order valence-corrected chi connectivity index (χ0v) is 14.2. The highest BCUT2D eigenvalue weighted by Gasteiger charge is 2.44. The van der Waals surface area contributed by atoms with Crippen molar-refractivity contribution in [1.82, 2.24) is 4.72 Å². The van der Waals surface area contributed by atoms with Crippen LogP contribution in [0.1, 0.15) is 28.8 Å². The number of ether oxygens (including phenoxy) is 1. The minimum atomic E-state index is -3.61. The first-order valence-corrected chi connectivity index (χ1v) is 9.19. The summed E-state index contributed by atoms with van der Waals surface area (Å²) < 4.78 is 32.2. The van der Waals surface area contributed by atoms with Gasteiger partial charge in [-0.2, -0.15) is 0 Å². The molecule has 0 saturated heterocycles. The Morgan fingerprint density at radius 2 is 1.71 bits per heavy atom. The number of hydrogen-bond acceptors (Lipinski definition) is 4. The van der Waals surface area contributed by atoms with E-state index in [0.29, 0.717) is 12.1 Å². The maximum Gasteiger partial charge on any atom is 0.337 e. The van der Waals surface area contributed by atoms with E-state index in [-0.39, 0.29) is 10.3 Å². The molecule has 0 amide bonds. The average molecular weight is 345 g/mol. The Labute approximate surface area is 141 Å². The third kappa shape index (κ3) is 3.34. The molecule has 2 aromatic rings. The predicted octanol–water partition coefficient (Wildman–Crippen LogP) is 2.48. The van der Waals surface area contributed by atoms with Crippen LogP contribution in [0.25, 0.3) is 0 Å². The summed E-state index contributed by atoms with van der Waals surface area (Å²) in [5.41, 5.74) is 1.38. The molecular weight excluding hydrogens is 326 g/mol. The van der Waals surface area contributed by atoms with Gasteiger partial charge in [0.15, 0.2) is 0 Å². The van der Waals surface area contributed by atoms with Crippen LogP contribution in [0.4, 0.5) is 0 Å². The standard InChI is InChI=1S/C18H19NO4S/c1-23-17(20)14-7-9-16(10-8-14)24(21,22)19-13-18(11-12-18)15-5-3-2-4-6-15/h2-10,19H,11-13H2,1H3. The Balaban J connectivity index is 1.72. The van der Waals surface area contributed by atoms with Gasteiger partial charge < -0.3 is 4.74 Å².